The first-order chi connectivity index (χ1) is 6.00. The summed E-state index contributed by atoms with van der Waals surface area (Å²) in [6, 6.07) is 2.71. The highest BCUT2D eigenvalue weighted by Gasteiger charge is 2.11. The van der Waals surface area contributed by atoms with Crippen LogP contribution >= 0.6 is 39.1 Å². The zero-order valence-electron chi connectivity index (χ0n) is 6.03. The van der Waals surface area contributed by atoms with Gasteiger partial charge in [0.15, 0.2) is 0 Å². The van der Waals surface area contributed by atoms with Gasteiger partial charge in [-0.1, -0.05) is 23.2 Å². The summed E-state index contributed by atoms with van der Waals surface area (Å²) in [7, 11) is 0. The van der Waals surface area contributed by atoms with Gasteiger partial charge in [0, 0.05) is 15.6 Å². The normalized spacial score (nSPS) is 10.6. The maximum absolute atomic E-state index is 11.8. The largest absolute Gasteiger partial charge is 0.433 e. The molecule has 1 aromatic rings. The molecule has 0 heterocycles. The fourth-order valence-electron chi connectivity index (χ4n) is 0.714. The third kappa shape index (κ3) is 2.97. The minimum atomic E-state index is -2.91. The number of benzene rings is 1. The third-order valence-corrected chi connectivity index (χ3v) is 2.64. The van der Waals surface area contributed by atoms with E-state index in [0.717, 1.165) is 0 Å². The van der Waals surface area contributed by atoms with Crippen LogP contribution in [0.3, 0.4) is 0 Å². The van der Waals surface area contributed by atoms with Crippen LogP contribution in [0.15, 0.2) is 16.6 Å². The second-order valence-electron chi connectivity index (χ2n) is 2.08. The lowest BCUT2D eigenvalue weighted by Crippen LogP contribution is -2.02. The molecule has 0 fully saturated rings. The minimum absolute atomic E-state index is 0.0738. The van der Waals surface area contributed by atoms with Crippen LogP contribution in [0, 0.1) is 0 Å². The van der Waals surface area contributed by atoms with Crippen LogP contribution < -0.4 is 4.74 Å². The van der Waals surface area contributed by atoms with E-state index in [0.29, 0.717) is 4.47 Å². The van der Waals surface area contributed by atoms with Crippen molar-refractivity contribution in [3.05, 3.63) is 26.7 Å². The van der Waals surface area contributed by atoms with Gasteiger partial charge in [-0.25, -0.2) is 0 Å². The lowest BCUT2D eigenvalue weighted by molar-refractivity contribution is -0.0498. The van der Waals surface area contributed by atoms with Gasteiger partial charge in [-0.2, -0.15) is 8.78 Å². The van der Waals surface area contributed by atoms with E-state index in [9.17, 15) is 8.78 Å². The Labute approximate surface area is 91.7 Å². The van der Waals surface area contributed by atoms with Gasteiger partial charge >= 0.3 is 6.61 Å². The average Bonchev–Trinajstić information content (AvgIpc) is 1.98. The van der Waals surface area contributed by atoms with Crippen LogP contribution in [0.1, 0.15) is 0 Å². The molecular formula is C7H3BrCl2F2O. The van der Waals surface area contributed by atoms with Gasteiger partial charge in [0.1, 0.15) is 5.75 Å². The summed E-state index contributed by atoms with van der Waals surface area (Å²) in [4.78, 5) is 0. The summed E-state index contributed by atoms with van der Waals surface area (Å²) < 4.78 is 28.2. The number of alkyl halides is 2. The molecule has 1 nitrogen and oxygen atoms in total. The molecule has 1 rings (SSSR count). The number of halogens is 5. The summed E-state index contributed by atoms with van der Waals surface area (Å²) >= 11 is 14.3. The average molecular weight is 292 g/mol. The van der Waals surface area contributed by atoms with Crippen molar-refractivity contribution in [2.24, 2.45) is 0 Å². The molecule has 0 aliphatic rings. The Kier molecular flexibility index (Phi) is 3.76. The number of hydrogen-bond acceptors (Lipinski definition) is 1. The Balaban J connectivity index is 3.05. The molecule has 6 heteroatoms. The van der Waals surface area contributed by atoms with Crippen molar-refractivity contribution in [3.63, 3.8) is 0 Å². The Bertz CT molecular complexity index is 320. The summed E-state index contributed by atoms with van der Waals surface area (Å²) in [5, 5.41) is 0.344. The molecule has 0 amide bonds. The fourth-order valence-corrected chi connectivity index (χ4v) is 1.65. The molecule has 0 bridgehead atoms. The van der Waals surface area contributed by atoms with Crippen molar-refractivity contribution in [2.75, 3.05) is 0 Å². The van der Waals surface area contributed by atoms with E-state index >= 15 is 0 Å². The predicted octanol–water partition coefficient (Wildman–Crippen LogP) is 4.36. The quantitative estimate of drug-likeness (QED) is 0.736. The Morgan fingerprint density at radius 3 is 2.46 bits per heavy atom. The molecule has 1 aromatic carbocycles. The summed E-state index contributed by atoms with van der Waals surface area (Å²) in [5.74, 6) is -0.143. The number of rotatable bonds is 2. The summed E-state index contributed by atoms with van der Waals surface area (Å²) in [5.41, 5.74) is 0. The molecule has 0 aromatic heterocycles. The molecule has 0 aliphatic carbocycles. The Morgan fingerprint density at radius 1 is 1.31 bits per heavy atom. The minimum Gasteiger partial charge on any atom is -0.433 e. The molecule has 13 heavy (non-hydrogen) atoms. The van der Waals surface area contributed by atoms with Crippen LogP contribution in [-0.2, 0) is 0 Å². The zero-order chi connectivity index (χ0) is 10.0. The standard InChI is InChI=1S/C7H3BrCl2F2O/c8-4-1-3(9)2-5(6(4)10)13-7(11)12/h1-2,7H. The van der Waals surface area contributed by atoms with Crippen LogP contribution in [0.5, 0.6) is 5.75 Å². The second kappa shape index (κ2) is 4.44. The molecule has 0 atom stereocenters. The third-order valence-electron chi connectivity index (χ3n) is 1.18. The molecule has 0 spiro atoms. The van der Waals surface area contributed by atoms with Crippen molar-refractivity contribution >= 4 is 39.1 Å². The highest BCUT2D eigenvalue weighted by Crippen LogP contribution is 2.36. The van der Waals surface area contributed by atoms with Crippen molar-refractivity contribution in [3.8, 4) is 5.75 Å². The smallest absolute Gasteiger partial charge is 0.387 e. The summed E-state index contributed by atoms with van der Waals surface area (Å²) in [6.07, 6.45) is 0. The fraction of sp³-hybridized carbons (Fsp3) is 0.143. The van der Waals surface area contributed by atoms with Crippen molar-refractivity contribution in [1.29, 1.82) is 0 Å². The maximum atomic E-state index is 11.8. The molecule has 0 saturated heterocycles. The highest BCUT2D eigenvalue weighted by atomic mass is 79.9. The van der Waals surface area contributed by atoms with Gasteiger partial charge in [-0.15, -0.1) is 0 Å². The van der Waals surface area contributed by atoms with Crippen molar-refractivity contribution < 1.29 is 13.5 Å². The van der Waals surface area contributed by atoms with Gasteiger partial charge in [0.25, 0.3) is 0 Å². The number of ether oxygens (including phenoxy) is 1. The molecule has 0 radical (unpaired) electrons. The van der Waals surface area contributed by atoms with E-state index in [1.165, 1.54) is 12.1 Å². The van der Waals surface area contributed by atoms with Crippen LogP contribution in [0.25, 0.3) is 0 Å². The molecule has 0 saturated carbocycles. The molecule has 0 unspecified atom stereocenters. The van der Waals surface area contributed by atoms with E-state index in [1.807, 2.05) is 0 Å². The van der Waals surface area contributed by atoms with Crippen LogP contribution in [0.2, 0.25) is 10.0 Å². The Morgan fingerprint density at radius 2 is 1.92 bits per heavy atom. The van der Waals surface area contributed by atoms with Gasteiger partial charge in [0.05, 0.1) is 5.02 Å². The summed E-state index contributed by atoms with van der Waals surface area (Å²) in [6.45, 7) is -2.91. The van der Waals surface area contributed by atoms with Gasteiger partial charge < -0.3 is 4.74 Å². The maximum Gasteiger partial charge on any atom is 0.387 e. The molecule has 0 N–H and O–H groups in total. The lowest BCUT2D eigenvalue weighted by Gasteiger charge is -2.07. The monoisotopic (exact) mass is 290 g/mol. The topological polar surface area (TPSA) is 9.23 Å². The van der Waals surface area contributed by atoms with Gasteiger partial charge in [-0.05, 0) is 22.0 Å². The van der Waals surface area contributed by atoms with E-state index in [2.05, 4.69) is 20.7 Å². The van der Waals surface area contributed by atoms with Crippen molar-refractivity contribution in [2.45, 2.75) is 6.61 Å². The van der Waals surface area contributed by atoms with Crippen LogP contribution in [-0.4, -0.2) is 6.61 Å². The van der Waals surface area contributed by atoms with E-state index in [1.54, 1.807) is 0 Å². The molecule has 72 valence electrons. The first-order valence-electron chi connectivity index (χ1n) is 3.10. The van der Waals surface area contributed by atoms with Gasteiger partial charge in [-0.3, -0.25) is 0 Å². The highest BCUT2D eigenvalue weighted by molar-refractivity contribution is 9.10. The SMILES string of the molecule is FC(F)Oc1cc(Cl)cc(Br)c1Cl. The molecule has 0 aliphatic heterocycles. The predicted molar refractivity (Wildman–Crippen MR) is 50.8 cm³/mol. The first kappa shape index (κ1) is 11.0. The van der Waals surface area contributed by atoms with Crippen molar-refractivity contribution in [1.82, 2.24) is 0 Å². The first-order valence-corrected chi connectivity index (χ1v) is 4.65. The Hall–Kier alpha value is -0.0600. The van der Waals surface area contributed by atoms with E-state index < -0.39 is 6.61 Å². The van der Waals surface area contributed by atoms with E-state index in [4.69, 9.17) is 23.2 Å². The molecular weight excluding hydrogens is 289 g/mol. The zero-order valence-corrected chi connectivity index (χ0v) is 9.13. The van der Waals surface area contributed by atoms with E-state index in [-0.39, 0.29) is 15.8 Å². The van der Waals surface area contributed by atoms with Crippen LogP contribution in [0.4, 0.5) is 8.78 Å². The second-order valence-corrected chi connectivity index (χ2v) is 3.75. The number of hydrogen-bond donors (Lipinski definition) is 0. The van der Waals surface area contributed by atoms with Gasteiger partial charge in [0.2, 0.25) is 0 Å². The lowest BCUT2D eigenvalue weighted by atomic mass is 10.3.